The Morgan fingerprint density at radius 1 is 1.04 bits per heavy atom. The van der Waals surface area contributed by atoms with Gasteiger partial charge in [-0.25, -0.2) is 9.79 Å². The van der Waals surface area contributed by atoms with Crippen molar-refractivity contribution in [2.75, 3.05) is 33.3 Å². The van der Waals surface area contributed by atoms with Crippen molar-refractivity contribution in [2.24, 2.45) is 4.99 Å². The lowest BCUT2D eigenvalue weighted by Crippen LogP contribution is -2.48. The predicted octanol–water partition coefficient (Wildman–Crippen LogP) is 4.36. The number of hydrogen-bond donors (Lipinski definition) is 0. The summed E-state index contributed by atoms with van der Waals surface area (Å²) in [6.45, 7) is 9.40. The summed E-state index contributed by atoms with van der Waals surface area (Å²) in [6.07, 6.45) is 0. The molecule has 1 aliphatic heterocycles. The fourth-order valence-electron chi connectivity index (χ4n) is 3.18. The first-order chi connectivity index (χ1) is 13.5. The molecule has 28 heavy (non-hydrogen) atoms. The Bertz CT molecular complexity index is 902. The van der Waals surface area contributed by atoms with Crippen molar-refractivity contribution in [3.8, 4) is 0 Å². The zero-order valence-electron chi connectivity index (χ0n) is 16.2. The molecule has 1 heterocycles. The number of halogens is 1. The average molecular weight is 398 g/mol. The smallest absolute Gasteiger partial charge is 0.337 e. The van der Waals surface area contributed by atoms with Gasteiger partial charge in [-0.15, -0.1) is 0 Å². The molecule has 0 radical (unpaired) electrons. The number of hydrogen-bond acceptors (Lipinski definition) is 4. The molecule has 0 bridgehead atoms. The highest BCUT2D eigenvalue weighted by atomic mass is 35.5. The third kappa shape index (κ3) is 4.54. The van der Waals surface area contributed by atoms with Crippen LogP contribution in [0.1, 0.15) is 22.8 Å². The number of amidine groups is 1. The molecule has 0 spiro atoms. The lowest BCUT2D eigenvalue weighted by atomic mass is 10.1. The molecule has 0 aliphatic carbocycles. The molecule has 0 unspecified atom stereocenters. The van der Waals surface area contributed by atoms with Crippen molar-refractivity contribution >= 4 is 29.1 Å². The van der Waals surface area contributed by atoms with Gasteiger partial charge in [-0.2, -0.15) is 0 Å². The van der Waals surface area contributed by atoms with Crippen LogP contribution >= 0.6 is 11.6 Å². The Hall–Kier alpha value is -2.79. The summed E-state index contributed by atoms with van der Waals surface area (Å²) in [6, 6.07) is 14.8. The number of methoxy groups -OCH3 is 1. The molecule has 0 atom stereocenters. The van der Waals surface area contributed by atoms with Crippen LogP contribution in [0, 0.1) is 0 Å². The molecular formula is C22H24ClN3O2. The normalized spacial score (nSPS) is 14.8. The summed E-state index contributed by atoms with van der Waals surface area (Å²) in [5, 5.41) is 0.588. The number of rotatable bonds is 4. The van der Waals surface area contributed by atoms with Gasteiger partial charge in [-0.3, -0.25) is 0 Å². The van der Waals surface area contributed by atoms with Crippen molar-refractivity contribution in [2.45, 2.75) is 6.92 Å². The number of benzene rings is 2. The molecule has 0 amide bonds. The fraction of sp³-hybridized carbons (Fsp3) is 0.273. The Kier molecular flexibility index (Phi) is 6.37. The van der Waals surface area contributed by atoms with E-state index in [1.807, 2.05) is 49.4 Å². The van der Waals surface area contributed by atoms with E-state index in [0.717, 1.165) is 43.3 Å². The lowest BCUT2D eigenvalue weighted by molar-refractivity contribution is 0.0600. The zero-order valence-corrected chi connectivity index (χ0v) is 16.9. The van der Waals surface area contributed by atoms with Gasteiger partial charge in [-0.1, -0.05) is 42.4 Å². The molecule has 1 aliphatic rings. The van der Waals surface area contributed by atoms with Crippen molar-refractivity contribution in [1.29, 1.82) is 0 Å². The first-order valence-electron chi connectivity index (χ1n) is 9.17. The summed E-state index contributed by atoms with van der Waals surface area (Å²) in [5.74, 6) is 0.422. The number of aliphatic imine (C=N–C) groups is 1. The van der Waals surface area contributed by atoms with E-state index in [2.05, 4.69) is 16.4 Å². The van der Waals surface area contributed by atoms with E-state index in [4.69, 9.17) is 21.3 Å². The highest BCUT2D eigenvalue weighted by molar-refractivity contribution is 6.33. The van der Waals surface area contributed by atoms with Gasteiger partial charge in [0.2, 0.25) is 0 Å². The zero-order chi connectivity index (χ0) is 20.1. The van der Waals surface area contributed by atoms with Gasteiger partial charge in [0.1, 0.15) is 5.84 Å². The standard InChI is InChI=1S/C22H24ClN3O2/c1-16(2)25-11-13-26(14-12-25)21(24-20-10-5-4-9-19(20)23)17-7-6-8-18(15-17)22(27)28-3/h4-10,15H,1,11-14H2,2-3H3. The van der Waals surface area contributed by atoms with Crippen LogP contribution < -0.4 is 0 Å². The maximum absolute atomic E-state index is 12.0. The molecule has 5 nitrogen and oxygen atoms in total. The van der Waals surface area contributed by atoms with E-state index in [9.17, 15) is 4.79 Å². The molecule has 1 saturated heterocycles. The average Bonchev–Trinajstić information content (AvgIpc) is 2.72. The summed E-state index contributed by atoms with van der Waals surface area (Å²) < 4.78 is 4.86. The van der Waals surface area contributed by atoms with Gasteiger partial charge in [0.05, 0.1) is 23.4 Å². The number of carbonyl (C=O) groups excluding carboxylic acids is 1. The highest BCUT2D eigenvalue weighted by Crippen LogP contribution is 2.26. The van der Waals surface area contributed by atoms with Crippen LogP contribution in [0.25, 0.3) is 0 Å². The predicted molar refractivity (Wildman–Crippen MR) is 113 cm³/mol. The summed E-state index contributed by atoms with van der Waals surface area (Å²) in [5.41, 5.74) is 3.11. The molecule has 1 fully saturated rings. The fourth-order valence-corrected chi connectivity index (χ4v) is 3.36. The Morgan fingerprint density at radius 2 is 1.68 bits per heavy atom. The molecule has 0 N–H and O–H groups in total. The number of ether oxygens (including phenoxy) is 1. The number of nitrogens with zero attached hydrogens (tertiary/aromatic N) is 3. The van der Waals surface area contributed by atoms with E-state index in [1.54, 1.807) is 6.07 Å². The molecule has 6 heteroatoms. The largest absolute Gasteiger partial charge is 0.465 e. The van der Waals surface area contributed by atoms with E-state index in [0.29, 0.717) is 16.3 Å². The second-order valence-electron chi connectivity index (χ2n) is 6.67. The van der Waals surface area contributed by atoms with Crippen LogP contribution in [-0.2, 0) is 4.74 Å². The third-order valence-corrected chi connectivity index (χ3v) is 5.06. The molecule has 3 rings (SSSR count). The number of carbonyl (C=O) groups is 1. The van der Waals surface area contributed by atoms with E-state index in [-0.39, 0.29) is 5.97 Å². The van der Waals surface area contributed by atoms with Crippen molar-refractivity contribution in [3.63, 3.8) is 0 Å². The maximum Gasteiger partial charge on any atom is 0.337 e. The highest BCUT2D eigenvalue weighted by Gasteiger charge is 2.22. The SMILES string of the molecule is C=C(C)N1CCN(C(=Nc2ccccc2Cl)c2cccc(C(=O)OC)c2)CC1. The minimum absolute atomic E-state index is 0.369. The second kappa shape index (κ2) is 8.93. The quantitative estimate of drug-likeness (QED) is 0.437. The monoisotopic (exact) mass is 397 g/mol. The summed E-state index contributed by atoms with van der Waals surface area (Å²) in [7, 11) is 1.38. The lowest BCUT2D eigenvalue weighted by Gasteiger charge is -2.38. The van der Waals surface area contributed by atoms with Crippen LogP contribution in [0.5, 0.6) is 0 Å². The van der Waals surface area contributed by atoms with Crippen molar-refractivity contribution < 1.29 is 9.53 Å². The number of piperazine rings is 1. The summed E-state index contributed by atoms with van der Waals surface area (Å²) in [4.78, 5) is 21.3. The van der Waals surface area contributed by atoms with E-state index >= 15 is 0 Å². The molecule has 2 aromatic rings. The van der Waals surface area contributed by atoms with Crippen LogP contribution in [-0.4, -0.2) is 54.9 Å². The van der Waals surface area contributed by atoms with Gasteiger partial charge in [0, 0.05) is 37.4 Å². The van der Waals surface area contributed by atoms with Crippen molar-refractivity contribution in [3.05, 3.63) is 77.0 Å². The minimum atomic E-state index is -0.369. The van der Waals surface area contributed by atoms with Gasteiger partial charge in [-0.05, 0) is 31.2 Å². The molecule has 0 saturated carbocycles. The first kappa shape index (κ1) is 20.0. The third-order valence-electron chi connectivity index (χ3n) is 4.74. The van der Waals surface area contributed by atoms with Gasteiger partial charge in [0.25, 0.3) is 0 Å². The van der Waals surface area contributed by atoms with E-state index in [1.165, 1.54) is 7.11 Å². The van der Waals surface area contributed by atoms with Gasteiger partial charge in [0.15, 0.2) is 0 Å². The van der Waals surface area contributed by atoms with E-state index < -0.39 is 0 Å². The first-order valence-corrected chi connectivity index (χ1v) is 9.55. The maximum atomic E-state index is 12.0. The van der Waals surface area contributed by atoms with Gasteiger partial charge >= 0.3 is 5.97 Å². The van der Waals surface area contributed by atoms with Gasteiger partial charge < -0.3 is 14.5 Å². The number of para-hydroxylation sites is 1. The Balaban J connectivity index is 2.00. The minimum Gasteiger partial charge on any atom is -0.465 e. The Morgan fingerprint density at radius 3 is 2.32 bits per heavy atom. The molecule has 2 aromatic carbocycles. The van der Waals surface area contributed by atoms with Crippen LogP contribution in [0.2, 0.25) is 5.02 Å². The Labute approximate surface area is 170 Å². The topological polar surface area (TPSA) is 45.1 Å². The summed E-state index contributed by atoms with van der Waals surface area (Å²) >= 11 is 6.34. The van der Waals surface area contributed by atoms with Crippen LogP contribution in [0.15, 0.2) is 65.8 Å². The number of allylic oxidation sites excluding steroid dienone is 1. The van der Waals surface area contributed by atoms with Crippen LogP contribution in [0.3, 0.4) is 0 Å². The molecular weight excluding hydrogens is 374 g/mol. The van der Waals surface area contributed by atoms with Crippen molar-refractivity contribution in [1.82, 2.24) is 9.80 Å². The molecule has 146 valence electrons. The number of esters is 1. The second-order valence-corrected chi connectivity index (χ2v) is 7.08. The van der Waals surface area contributed by atoms with Crippen LogP contribution in [0.4, 0.5) is 5.69 Å². The molecule has 0 aromatic heterocycles.